The zero-order valence-corrected chi connectivity index (χ0v) is 50.0. The molecule has 0 fully saturated rings. The predicted molar refractivity (Wildman–Crippen MR) is 302 cm³/mol. The number of likely N-dealkylation sites (N-methyl/N-ethyl adjacent to an activating group) is 1. The van der Waals surface area contributed by atoms with E-state index in [0.717, 1.165) is 96.3 Å². The molecule has 13 nitrogen and oxygen atoms in total. The van der Waals surface area contributed by atoms with Crippen LogP contribution in [0.25, 0.3) is 0 Å². The largest absolute Gasteiger partial charge is 0.472 e. The van der Waals surface area contributed by atoms with Gasteiger partial charge in [-0.15, -0.1) is 0 Å². The van der Waals surface area contributed by atoms with Crippen molar-refractivity contribution in [2.45, 2.75) is 316 Å². The average Bonchev–Trinajstić information content (AvgIpc) is 3.35. The number of phosphoric ester groups is 1. The maximum atomic E-state index is 13.0. The molecule has 74 heavy (non-hydrogen) atoms. The van der Waals surface area contributed by atoms with E-state index in [4.69, 9.17) is 28.0 Å². The summed E-state index contributed by atoms with van der Waals surface area (Å²) in [5.41, 5.74) is 0. The van der Waals surface area contributed by atoms with E-state index in [1.165, 1.54) is 128 Å². The van der Waals surface area contributed by atoms with Crippen LogP contribution in [-0.2, 0) is 51.7 Å². The van der Waals surface area contributed by atoms with E-state index in [2.05, 4.69) is 27.7 Å². The third-order valence-electron chi connectivity index (χ3n) is 13.8. The molecule has 0 aromatic heterocycles. The van der Waals surface area contributed by atoms with Crippen molar-refractivity contribution in [1.29, 1.82) is 0 Å². The van der Waals surface area contributed by atoms with Gasteiger partial charge in [0.15, 0.2) is 6.10 Å². The Hall–Kier alpha value is -2.05. The lowest BCUT2D eigenvalue weighted by Crippen LogP contribution is -2.37. The number of hydrogen-bond acceptors (Lipinski definition) is 11. The van der Waals surface area contributed by atoms with Crippen molar-refractivity contribution in [3.8, 4) is 0 Å². The Morgan fingerprint density at radius 3 is 0.986 bits per heavy atom. The zero-order chi connectivity index (χ0) is 54.8. The summed E-state index contributed by atoms with van der Waals surface area (Å²) in [7, 11) is 1.33. The summed E-state index contributed by atoms with van der Waals surface area (Å²) in [4.78, 5) is 61.7. The molecule has 1 unspecified atom stereocenters. The van der Waals surface area contributed by atoms with E-state index >= 15 is 0 Å². The van der Waals surface area contributed by atoms with Gasteiger partial charge in [-0.2, -0.15) is 0 Å². The number of rotatable bonds is 56. The van der Waals surface area contributed by atoms with Gasteiger partial charge in [-0.1, -0.05) is 195 Å². The smallest absolute Gasteiger partial charge is 0.462 e. The number of quaternary nitrogens is 1. The second-order valence-corrected chi connectivity index (χ2v) is 23.8. The van der Waals surface area contributed by atoms with Crippen LogP contribution in [0.4, 0.5) is 0 Å². The molecule has 2 atom stereocenters. The number of carbonyl (C=O) groups is 4. The van der Waals surface area contributed by atoms with Gasteiger partial charge in [-0.3, -0.25) is 28.2 Å². The van der Waals surface area contributed by atoms with E-state index in [0.29, 0.717) is 43.1 Å². The lowest BCUT2D eigenvalue weighted by Gasteiger charge is -2.24. The molecule has 0 rings (SSSR count). The van der Waals surface area contributed by atoms with Crippen molar-refractivity contribution in [3.05, 3.63) is 0 Å². The molecular weight excluding hydrogens is 958 g/mol. The number of unbranched alkanes of at least 4 members (excludes halogenated alkanes) is 28. The molecule has 14 heteroatoms. The molecule has 438 valence electrons. The highest BCUT2D eigenvalue weighted by Gasteiger charge is 2.27. The molecule has 0 aliphatic heterocycles. The predicted octanol–water partition coefficient (Wildman–Crippen LogP) is 16.6. The first kappa shape index (κ1) is 72.0. The van der Waals surface area contributed by atoms with Crippen LogP contribution in [-0.4, -0.2) is 99.1 Å². The van der Waals surface area contributed by atoms with Crippen LogP contribution in [0.3, 0.4) is 0 Å². The van der Waals surface area contributed by atoms with Crippen molar-refractivity contribution in [2.75, 3.05) is 47.5 Å². The highest BCUT2D eigenvalue weighted by Crippen LogP contribution is 2.43. The van der Waals surface area contributed by atoms with Crippen LogP contribution in [0.15, 0.2) is 0 Å². The van der Waals surface area contributed by atoms with Gasteiger partial charge in [-0.05, 0) is 77.0 Å². The molecule has 0 spiro atoms. The first-order valence-electron chi connectivity index (χ1n) is 30.8. The summed E-state index contributed by atoms with van der Waals surface area (Å²) < 4.78 is 46.6. The second-order valence-electron chi connectivity index (χ2n) is 22.4. The maximum Gasteiger partial charge on any atom is 0.472 e. The van der Waals surface area contributed by atoms with Gasteiger partial charge in [0.1, 0.15) is 32.0 Å². The number of phosphoric acid groups is 1. The number of carbonyl (C=O) groups excluding carboxylic acids is 4. The molecule has 0 aliphatic rings. The lowest BCUT2D eigenvalue weighted by atomic mass is 10.0. The Labute approximate surface area is 454 Å². The molecular formula is C60H117NO12P+. The Balaban J connectivity index is 4.83. The van der Waals surface area contributed by atoms with Gasteiger partial charge in [0, 0.05) is 25.7 Å². The number of hydrogen-bond donors (Lipinski definition) is 1. The topological polar surface area (TPSA) is 161 Å². The molecule has 0 aromatic carbocycles. The van der Waals surface area contributed by atoms with Gasteiger partial charge in [0.05, 0.1) is 27.7 Å². The fourth-order valence-corrected chi connectivity index (χ4v) is 9.77. The summed E-state index contributed by atoms with van der Waals surface area (Å²) >= 11 is 0. The molecule has 0 saturated carbocycles. The third kappa shape index (κ3) is 50.7. The third-order valence-corrected chi connectivity index (χ3v) is 14.8. The summed E-state index contributed by atoms with van der Waals surface area (Å²) in [6, 6.07) is 0. The maximum absolute atomic E-state index is 13.0. The normalized spacial score (nSPS) is 13.1. The Morgan fingerprint density at radius 1 is 0.378 bits per heavy atom. The molecule has 0 bridgehead atoms. The van der Waals surface area contributed by atoms with Crippen molar-refractivity contribution in [2.24, 2.45) is 0 Å². The summed E-state index contributed by atoms with van der Waals surface area (Å²) in [5.74, 6) is -1.21. The minimum absolute atomic E-state index is 0.0109. The van der Waals surface area contributed by atoms with E-state index in [1.807, 2.05) is 21.1 Å². The van der Waals surface area contributed by atoms with E-state index in [-0.39, 0.29) is 50.2 Å². The highest BCUT2D eigenvalue weighted by atomic mass is 31.2. The molecule has 0 saturated heterocycles. The van der Waals surface area contributed by atoms with Crippen LogP contribution in [0.1, 0.15) is 297 Å². The van der Waals surface area contributed by atoms with Crippen LogP contribution in [0.2, 0.25) is 0 Å². The highest BCUT2D eigenvalue weighted by molar-refractivity contribution is 7.47. The summed E-state index contributed by atoms with van der Waals surface area (Å²) in [6.07, 6.45) is 41.0. The van der Waals surface area contributed by atoms with Gasteiger partial charge >= 0.3 is 31.7 Å². The van der Waals surface area contributed by atoms with Crippen LogP contribution >= 0.6 is 7.82 Å². The number of esters is 4. The van der Waals surface area contributed by atoms with Crippen molar-refractivity contribution in [3.63, 3.8) is 0 Å². The molecule has 0 aliphatic carbocycles. The van der Waals surface area contributed by atoms with Gasteiger partial charge in [0.25, 0.3) is 0 Å². The molecule has 0 amide bonds. The molecule has 0 heterocycles. The average molecular weight is 1080 g/mol. The lowest BCUT2D eigenvalue weighted by molar-refractivity contribution is -0.870. The van der Waals surface area contributed by atoms with E-state index in [1.54, 1.807) is 0 Å². The van der Waals surface area contributed by atoms with Crippen LogP contribution < -0.4 is 0 Å². The Bertz CT molecular complexity index is 1340. The van der Waals surface area contributed by atoms with Crippen LogP contribution in [0.5, 0.6) is 0 Å². The zero-order valence-electron chi connectivity index (χ0n) is 49.1. The van der Waals surface area contributed by atoms with Crippen molar-refractivity contribution in [1.82, 2.24) is 0 Å². The molecule has 1 N–H and O–H groups in total. The van der Waals surface area contributed by atoms with E-state index < -0.39 is 32.5 Å². The van der Waals surface area contributed by atoms with Crippen LogP contribution in [0, 0.1) is 0 Å². The second kappa shape index (κ2) is 50.5. The fraction of sp³-hybridized carbons (Fsp3) is 0.933. The monoisotopic (exact) mass is 1070 g/mol. The quantitative estimate of drug-likeness (QED) is 0.0202. The van der Waals surface area contributed by atoms with Gasteiger partial charge in [0.2, 0.25) is 0 Å². The summed E-state index contributed by atoms with van der Waals surface area (Å²) in [6.45, 7) is 8.58. The first-order valence-corrected chi connectivity index (χ1v) is 32.3. The minimum Gasteiger partial charge on any atom is -0.462 e. The Kier molecular flexibility index (Phi) is 49.1. The standard InChI is InChI=1S/C60H116NO12P/c1-8-12-16-20-26-34-42-54(43-35-27-21-17-13-9-2)71-58(63)47-39-31-25-24-30-38-46-57(62)68-52-56(53-70-74(66,67)69-51-50-61(5,6)7)73-60(65)49-41-33-32-40-48-59(64)72-55(44-36-28-22-18-14-10-3)45-37-29-23-19-15-11-4/h54-56H,8-53H2,1-7H3/p+1/t56-/m0/s1. The van der Waals surface area contributed by atoms with Gasteiger partial charge < -0.3 is 28.3 Å². The minimum atomic E-state index is -4.47. The number of ether oxygens (including phenoxy) is 4. The fourth-order valence-electron chi connectivity index (χ4n) is 9.03. The summed E-state index contributed by atoms with van der Waals surface area (Å²) in [5, 5.41) is 0. The molecule has 0 aromatic rings. The SMILES string of the molecule is CCCCCCCCC(CCCCCCCC)OC(=O)CCCCCCCCC(=O)OC[C@@H](COP(=O)(O)OCC[N+](C)(C)C)OC(=O)CCCCCCC(=O)OC(CCCCCCCC)CCCCCCCC. The van der Waals surface area contributed by atoms with Gasteiger partial charge in [-0.25, -0.2) is 4.57 Å². The first-order chi connectivity index (χ1) is 35.6. The van der Waals surface area contributed by atoms with E-state index in [9.17, 15) is 28.6 Å². The Morgan fingerprint density at radius 2 is 0.662 bits per heavy atom. The van der Waals surface area contributed by atoms with Crippen molar-refractivity contribution >= 4 is 31.7 Å². The molecule has 0 radical (unpaired) electrons. The number of nitrogens with zero attached hydrogens (tertiary/aromatic N) is 1. The van der Waals surface area contributed by atoms with Crippen molar-refractivity contribution < 1.29 is 61.1 Å².